The molecule has 2 N–H and O–H groups in total. The van der Waals surface area contributed by atoms with E-state index >= 15 is 0 Å². The molecule has 1 aromatic rings. The highest BCUT2D eigenvalue weighted by Crippen LogP contribution is 2.19. The summed E-state index contributed by atoms with van der Waals surface area (Å²) in [6.45, 7) is 3.69. The molecule has 0 aliphatic carbocycles. The number of ether oxygens (including phenoxy) is 1. The van der Waals surface area contributed by atoms with Crippen LogP contribution < -0.4 is 10.6 Å². The van der Waals surface area contributed by atoms with Gasteiger partial charge in [-0.3, -0.25) is 4.79 Å². The van der Waals surface area contributed by atoms with Gasteiger partial charge in [-0.25, -0.2) is 0 Å². The number of amides is 1. The molecule has 1 aliphatic heterocycles. The van der Waals surface area contributed by atoms with E-state index in [1.807, 2.05) is 13.0 Å². The number of hydrogen-bond donors (Lipinski definition) is 2. The average molecular weight is 255 g/mol. The van der Waals surface area contributed by atoms with E-state index in [1.165, 1.54) is 0 Å². The third kappa shape index (κ3) is 3.19. The third-order valence-electron chi connectivity index (χ3n) is 2.68. The summed E-state index contributed by atoms with van der Waals surface area (Å²) in [5, 5.41) is 6.64. The number of nitrogens with one attached hydrogen (secondary N) is 2. The number of halogens is 1. The van der Waals surface area contributed by atoms with Crippen LogP contribution in [0.3, 0.4) is 0 Å². The third-order valence-corrected chi connectivity index (χ3v) is 2.92. The maximum Gasteiger partial charge on any atom is 0.243 e. The van der Waals surface area contributed by atoms with Crippen molar-refractivity contribution in [2.75, 3.05) is 25.1 Å². The highest BCUT2D eigenvalue weighted by molar-refractivity contribution is 6.30. The van der Waals surface area contributed by atoms with Crippen LogP contribution in [0.2, 0.25) is 5.02 Å². The Hall–Kier alpha value is -1.10. The summed E-state index contributed by atoms with van der Waals surface area (Å²) in [5.41, 5.74) is 1.73. The molecule has 1 unspecified atom stereocenters. The van der Waals surface area contributed by atoms with Crippen LogP contribution in [-0.2, 0) is 9.53 Å². The van der Waals surface area contributed by atoms with Crippen LogP contribution in [-0.4, -0.2) is 31.7 Å². The quantitative estimate of drug-likeness (QED) is 0.843. The molecule has 0 radical (unpaired) electrons. The molecule has 1 amide bonds. The molecule has 4 nitrogen and oxygen atoms in total. The first-order valence-corrected chi connectivity index (χ1v) is 5.93. The lowest BCUT2D eigenvalue weighted by Crippen LogP contribution is -2.48. The number of rotatable bonds is 2. The van der Waals surface area contributed by atoms with E-state index in [-0.39, 0.29) is 11.9 Å². The number of hydrogen-bond acceptors (Lipinski definition) is 3. The first-order valence-electron chi connectivity index (χ1n) is 5.55. The Labute approximate surface area is 105 Å². The van der Waals surface area contributed by atoms with Crippen molar-refractivity contribution in [1.29, 1.82) is 0 Å². The average Bonchev–Trinajstić information content (AvgIpc) is 2.34. The smallest absolute Gasteiger partial charge is 0.243 e. The molecule has 1 atom stereocenters. The zero-order valence-electron chi connectivity index (χ0n) is 9.63. The predicted molar refractivity (Wildman–Crippen MR) is 67.4 cm³/mol. The molecule has 1 aliphatic rings. The highest BCUT2D eigenvalue weighted by atomic mass is 35.5. The fourth-order valence-electron chi connectivity index (χ4n) is 1.72. The van der Waals surface area contributed by atoms with E-state index < -0.39 is 0 Å². The van der Waals surface area contributed by atoms with Crippen LogP contribution in [0.5, 0.6) is 0 Å². The lowest BCUT2D eigenvalue weighted by Gasteiger charge is -2.23. The van der Waals surface area contributed by atoms with E-state index in [0.29, 0.717) is 24.8 Å². The van der Waals surface area contributed by atoms with Crippen LogP contribution in [0.25, 0.3) is 0 Å². The predicted octanol–water partition coefficient (Wildman–Crippen LogP) is 1.58. The Morgan fingerprint density at radius 3 is 3.06 bits per heavy atom. The summed E-state index contributed by atoms with van der Waals surface area (Å²) >= 11 is 5.86. The van der Waals surface area contributed by atoms with Crippen molar-refractivity contribution >= 4 is 23.2 Å². The lowest BCUT2D eigenvalue weighted by atomic mass is 10.2. The van der Waals surface area contributed by atoms with Crippen LogP contribution in [0, 0.1) is 6.92 Å². The molecule has 92 valence electrons. The van der Waals surface area contributed by atoms with Gasteiger partial charge in [0, 0.05) is 17.3 Å². The van der Waals surface area contributed by atoms with Gasteiger partial charge in [-0.15, -0.1) is 0 Å². The van der Waals surface area contributed by atoms with E-state index in [4.69, 9.17) is 16.3 Å². The molecule has 0 aromatic heterocycles. The number of benzene rings is 1. The molecule has 5 heteroatoms. The Balaban J connectivity index is 2.02. The van der Waals surface area contributed by atoms with Crippen molar-refractivity contribution in [2.24, 2.45) is 0 Å². The molecule has 0 spiro atoms. The second-order valence-corrected chi connectivity index (χ2v) is 4.47. The minimum Gasteiger partial charge on any atom is -0.378 e. The Morgan fingerprint density at radius 1 is 1.59 bits per heavy atom. The van der Waals surface area contributed by atoms with Gasteiger partial charge >= 0.3 is 0 Å². The number of anilines is 1. The molecule has 0 saturated carbocycles. The molecular formula is C12H15ClN2O2. The minimum atomic E-state index is -0.279. The molecule has 0 bridgehead atoms. The molecular weight excluding hydrogens is 240 g/mol. The lowest BCUT2D eigenvalue weighted by molar-refractivity contribution is -0.120. The molecule has 1 heterocycles. The standard InChI is InChI=1S/C12H15ClN2O2/c1-8-6-9(13)2-3-10(8)15-12(16)11-7-17-5-4-14-11/h2-3,6,11,14H,4-5,7H2,1H3,(H,15,16). The van der Waals surface area contributed by atoms with Crippen molar-refractivity contribution in [3.63, 3.8) is 0 Å². The van der Waals surface area contributed by atoms with E-state index in [1.54, 1.807) is 12.1 Å². The summed E-state index contributed by atoms with van der Waals surface area (Å²) in [7, 11) is 0. The summed E-state index contributed by atoms with van der Waals surface area (Å²) in [6.07, 6.45) is 0. The van der Waals surface area contributed by atoms with Gasteiger partial charge in [-0.05, 0) is 30.7 Å². The number of carbonyl (C=O) groups excluding carboxylic acids is 1. The van der Waals surface area contributed by atoms with Crippen molar-refractivity contribution in [3.05, 3.63) is 28.8 Å². The van der Waals surface area contributed by atoms with E-state index in [9.17, 15) is 4.79 Å². The molecule has 2 rings (SSSR count). The maximum absolute atomic E-state index is 11.9. The van der Waals surface area contributed by atoms with E-state index in [2.05, 4.69) is 10.6 Å². The van der Waals surface area contributed by atoms with Crippen LogP contribution in [0.4, 0.5) is 5.69 Å². The Kier molecular flexibility index (Phi) is 3.99. The van der Waals surface area contributed by atoms with Gasteiger partial charge in [0.2, 0.25) is 5.91 Å². The summed E-state index contributed by atoms with van der Waals surface area (Å²) in [5.74, 6) is -0.0740. The van der Waals surface area contributed by atoms with Crippen LogP contribution in [0.1, 0.15) is 5.56 Å². The maximum atomic E-state index is 11.9. The molecule has 1 fully saturated rings. The van der Waals surface area contributed by atoms with Crippen molar-refractivity contribution in [3.8, 4) is 0 Å². The first-order chi connectivity index (χ1) is 8.16. The van der Waals surface area contributed by atoms with Gasteiger partial charge in [-0.2, -0.15) is 0 Å². The normalized spacial score (nSPS) is 20.0. The van der Waals surface area contributed by atoms with Gasteiger partial charge in [0.25, 0.3) is 0 Å². The van der Waals surface area contributed by atoms with Crippen LogP contribution >= 0.6 is 11.6 Å². The zero-order chi connectivity index (χ0) is 12.3. The Morgan fingerprint density at radius 2 is 2.41 bits per heavy atom. The Bertz CT molecular complexity index is 417. The first kappa shape index (κ1) is 12.4. The molecule has 1 aromatic carbocycles. The minimum absolute atomic E-state index is 0.0740. The fraction of sp³-hybridized carbons (Fsp3) is 0.417. The fourth-order valence-corrected chi connectivity index (χ4v) is 1.95. The summed E-state index contributed by atoms with van der Waals surface area (Å²) in [6, 6.07) is 5.11. The van der Waals surface area contributed by atoms with Crippen molar-refractivity contribution in [2.45, 2.75) is 13.0 Å². The SMILES string of the molecule is Cc1cc(Cl)ccc1NC(=O)C1COCCN1. The van der Waals surface area contributed by atoms with Gasteiger partial charge < -0.3 is 15.4 Å². The zero-order valence-corrected chi connectivity index (χ0v) is 10.4. The number of carbonyl (C=O) groups is 1. The largest absolute Gasteiger partial charge is 0.378 e. The summed E-state index contributed by atoms with van der Waals surface area (Å²) < 4.78 is 5.25. The molecule has 1 saturated heterocycles. The topological polar surface area (TPSA) is 50.4 Å². The van der Waals surface area contributed by atoms with Crippen molar-refractivity contribution < 1.29 is 9.53 Å². The van der Waals surface area contributed by atoms with Crippen LogP contribution in [0.15, 0.2) is 18.2 Å². The number of aryl methyl sites for hydroxylation is 1. The van der Waals surface area contributed by atoms with Gasteiger partial charge in [0.1, 0.15) is 6.04 Å². The second kappa shape index (κ2) is 5.49. The van der Waals surface area contributed by atoms with Gasteiger partial charge in [0.15, 0.2) is 0 Å². The number of morpholine rings is 1. The van der Waals surface area contributed by atoms with Crippen molar-refractivity contribution in [1.82, 2.24) is 5.32 Å². The van der Waals surface area contributed by atoms with E-state index in [0.717, 1.165) is 11.3 Å². The molecule has 17 heavy (non-hydrogen) atoms. The van der Waals surface area contributed by atoms with Gasteiger partial charge in [-0.1, -0.05) is 11.6 Å². The highest BCUT2D eigenvalue weighted by Gasteiger charge is 2.21. The second-order valence-electron chi connectivity index (χ2n) is 4.03. The monoisotopic (exact) mass is 254 g/mol. The summed E-state index contributed by atoms with van der Waals surface area (Å²) in [4.78, 5) is 11.9. The van der Waals surface area contributed by atoms with Gasteiger partial charge in [0.05, 0.1) is 13.2 Å².